The summed E-state index contributed by atoms with van der Waals surface area (Å²) in [5, 5.41) is 3.12. The molecule has 0 radical (unpaired) electrons. The highest BCUT2D eigenvalue weighted by Crippen LogP contribution is 2.36. The average molecular weight is 708 g/mol. The maximum absolute atomic E-state index is 14.1. The molecule has 1 aliphatic rings. The van der Waals surface area contributed by atoms with E-state index in [0.29, 0.717) is 53.0 Å². The van der Waals surface area contributed by atoms with Gasteiger partial charge in [-0.05, 0) is 76.0 Å². The molecular weight excluding hydrogens is 683 g/mol. The highest BCUT2D eigenvalue weighted by molar-refractivity contribution is 9.10. The van der Waals surface area contributed by atoms with Gasteiger partial charge in [0.05, 0.1) is 26.9 Å². The second-order valence-corrected chi connectivity index (χ2v) is 12.8. The molecule has 1 aliphatic heterocycles. The van der Waals surface area contributed by atoms with Crippen LogP contribution in [0.15, 0.2) is 104 Å². The molecule has 10 heteroatoms. The number of carbonyl (C=O) groups is 1. The van der Waals surface area contributed by atoms with Gasteiger partial charge >= 0.3 is 5.97 Å². The van der Waals surface area contributed by atoms with Crippen LogP contribution in [0.1, 0.15) is 36.6 Å². The predicted octanol–water partition coefficient (Wildman–Crippen LogP) is 7.60. The zero-order chi connectivity index (χ0) is 31.0. The Labute approximate surface area is 275 Å². The van der Waals surface area contributed by atoms with Crippen molar-refractivity contribution in [3.63, 3.8) is 0 Å². The molecule has 0 aliphatic carbocycles. The Hall–Kier alpha value is -3.69. The van der Waals surface area contributed by atoms with Crippen LogP contribution in [0.5, 0.6) is 5.75 Å². The Morgan fingerprint density at radius 1 is 1.07 bits per heavy atom. The summed E-state index contributed by atoms with van der Waals surface area (Å²) >= 11 is 17.9. The number of esters is 1. The molecule has 0 N–H and O–H groups in total. The fraction of sp³-hybridized carbons (Fsp3) is 0.147. The normalized spacial score (nSPS) is 14.8. The molecule has 0 amide bonds. The first kappa shape index (κ1) is 30.3. The molecule has 44 heavy (non-hydrogen) atoms. The minimum atomic E-state index is -0.811. The molecule has 0 bridgehead atoms. The van der Waals surface area contributed by atoms with Gasteiger partial charge in [0.1, 0.15) is 18.4 Å². The number of hydrogen-bond acceptors (Lipinski definition) is 6. The van der Waals surface area contributed by atoms with Crippen molar-refractivity contribution in [2.45, 2.75) is 26.5 Å². The quantitative estimate of drug-likeness (QED) is 0.164. The second-order valence-electron chi connectivity index (χ2n) is 10.1. The van der Waals surface area contributed by atoms with Crippen molar-refractivity contribution >= 4 is 73.3 Å². The number of ether oxygens (including phenoxy) is 2. The maximum atomic E-state index is 14.1. The highest BCUT2D eigenvalue weighted by Gasteiger charge is 2.34. The van der Waals surface area contributed by atoms with Crippen LogP contribution in [-0.2, 0) is 16.1 Å². The summed E-state index contributed by atoms with van der Waals surface area (Å²) in [5.41, 5.74) is 2.64. The third-order valence-corrected chi connectivity index (χ3v) is 9.43. The van der Waals surface area contributed by atoms with E-state index < -0.39 is 12.0 Å². The summed E-state index contributed by atoms with van der Waals surface area (Å²) < 4.78 is 14.3. The lowest BCUT2D eigenvalue weighted by atomic mass is 9.96. The average Bonchev–Trinajstić information content (AvgIpc) is 3.30. The fourth-order valence-electron chi connectivity index (χ4n) is 5.33. The smallest absolute Gasteiger partial charge is 0.338 e. The van der Waals surface area contributed by atoms with Crippen LogP contribution in [0, 0.1) is 0 Å². The van der Waals surface area contributed by atoms with E-state index in [1.165, 1.54) is 15.9 Å². The topological polar surface area (TPSA) is 69.9 Å². The largest absolute Gasteiger partial charge is 0.487 e. The van der Waals surface area contributed by atoms with E-state index >= 15 is 0 Å². The standard InChI is InChI=1S/C34H25BrCl2N2O4S/c1-3-42-33(41)29-19(2)38-34-39(30(29)25-13-6-7-14-27(25)37)32(40)28(44-34)16-22-15-23(36)17-26(35)31(22)43-18-21-11-8-10-20-9-4-5-12-24(20)21/h4-17,30H,3,18H2,1-2H3/b28-16-/t30-/m1/s1. The number of carbonyl (C=O) groups excluding carboxylic acids is 1. The first-order valence-corrected chi connectivity index (χ1v) is 16.2. The summed E-state index contributed by atoms with van der Waals surface area (Å²) in [5.74, 6) is -0.00457. The van der Waals surface area contributed by atoms with Crippen molar-refractivity contribution in [2.24, 2.45) is 4.99 Å². The minimum absolute atomic E-state index is 0.181. The van der Waals surface area contributed by atoms with E-state index in [-0.39, 0.29) is 17.7 Å². The van der Waals surface area contributed by atoms with Crippen molar-refractivity contribution in [1.82, 2.24) is 4.57 Å². The third-order valence-electron chi connectivity index (χ3n) is 7.29. The van der Waals surface area contributed by atoms with E-state index in [2.05, 4.69) is 39.1 Å². The molecule has 0 saturated heterocycles. The summed E-state index contributed by atoms with van der Waals surface area (Å²) in [6.45, 7) is 3.95. The molecule has 1 atom stereocenters. The molecule has 2 heterocycles. The predicted molar refractivity (Wildman–Crippen MR) is 179 cm³/mol. The Morgan fingerprint density at radius 2 is 1.82 bits per heavy atom. The number of nitrogens with zero attached hydrogens (tertiary/aromatic N) is 2. The lowest BCUT2D eigenvalue weighted by Gasteiger charge is -2.25. The SMILES string of the molecule is CCOC(=O)C1=C(C)N=c2s/c(=C\c3cc(Cl)cc(Br)c3OCc3cccc4ccccc34)c(=O)n2[C@@H]1c1ccccc1Cl. The van der Waals surface area contributed by atoms with Crippen LogP contribution in [0.3, 0.4) is 0 Å². The molecule has 6 nitrogen and oxygen atoms in total. The fourth-order valence-corrected chi connectivity index (χ4v) is 7.56. The van der Waals surface area contributed by atoms with Crippen LogP contribution in [0.25, 0.3) is 16.8 Å². The van der Waals surface area contributed by atoms with Crippen molar-refractivity contribution in [3.05, 3.63) is 141 Å². The molecule has 1 aromatic heterocycles. The van der Waals surface area contributed by atoms with Crippen LogP contribution < -0.4 is 19.6 Å². The van der Waals surface area contributed by atoms with Crippen LogP contribution >= 0.6 is 50.5 Å². The minimum Gasteiger partial charge on any atom is -0.487 e. The van der Waals surface area contributed by atoms with E-state index in [1.807, 2.05) is 30.3 Å². The molecular formula is C34H25BrCl2N2O4S. The highest BCUT2D eigenvalue weighted by atomic mass is 79.9. The van der Waals surface area contributed by atoms with Crippen LogP contribution in [-0.4, -0.2) is 17.1 Å². The molecule has 4 aromatic carbocycles. The Kier molecular flexibility index (Phi) is 8.78. The number of rotatable bonds is 7. The van der Waals surface area contributed by atoms with Gasteiger partial charge in [-0.1, -0.05) is 95.2 Å². The Morgan fingerprint density at radius 3 is 2.61 bits per heavy atom. The van der Waals surface area contributed by atoms with E-state index in [4.69, 9.17) is 32.7 Å². The molecule has 0 unspecified atom stereocenters. The molecule has 0 saturated carbocycles. The molecule has 0 fully saturated rings. The summed E-state index contributed by atoms with van der Waals surface area (Å²) in [6, 6.07) is 24.1. The van der Waals surface area contributed by atoms with Gasteiger partial charge in [0, 0.05) is 15.6 Å². The number of benzene rings is 4. The Balaban J connectivity index is 1.48. The molecule has 222 valence electrons. The molecule has 5 aromatic rings. The van der Waals surface area contributed by atoms with Gasteiger partial charge < -0.3 is 9.47 Å². The van der Waals surface area contributed by atoms with Crippen LogP contribution in [0.2, 0.25) is 10.0 Å². The van der Waals surface area contributed by atoms with E-state index in [1.54, 1.807) is 50.3 Å². The van der Waals surface area contributed by atoms with Gasteiger partial charge in [0.2, 0.25) is 0 Å². The van der Waals surface area contributed by atoms with Gasteiger partial charge in [-0.25, -0.2) is 9.79 Å². The number of allylic oxidation sites excluding steroid dienone is 1. The number of halogens is 3. The number of thiazole rings is 1. The van der Waals surface area contributed by atoms with Crippen molar-refractivity contribution in [2.75, 3.05) is 6.61 Å². The molecule has 0 spiro atoms. The van der Waals surface area contributed by atoms with Gasteiger partial charge in [0.25, 0.3) is 5.56 Å². The van der Waals surface area contributed by atoms with Gasteiger partial charge in [-0.2, -0.15) is 0 Å². The van der Waals surface area contributed by atoms with Gasteiger partial charge in [-0.3, -0.25) is 9.36 Å². The number of aromatic nitrogens is 1. The zero-order valence-corrected chi connectivity index (χ0v) is 27.6. The second kappa shape index (κ2) is 12.7. The number of hydrogen-bond donors (Lipinski definition) is 0. The van der Waals surface area contributed by atoms with Gasteiger partial charge in [-0.15, -0.1) is 0 Å². The van der Waals surface area contributed by atoms with Gasteiger partial charge in [0.15, 0.2) is 4.80 Å². The first-order chi connectivity index (χ1) is 21.3. The number of fused-ring (bicyclic) bond motifs is 2. The van der Waals surface area contributed by atoms with E-state index in [0.717, 1.165) is 16.3 Å². The lowest BCUT2D eigenvalue weighted by Crippen LogP contribution is -2.40. The molecule has 6 rings (SSSR count). The van der Waals surface area contributed by atoms with Crippen molar-refractivity contribution in [1.29, 1.82) is 0 Å². The van der Waals surface area contributed by atoms with E-state index in [9.17, 15) is 9.59 Å². The summed E-state index contributed by atoms with van der Waals surface area (Å²) in [7, 11) is 0. The third kappa shape index (κ3) is 5.75. The first-order valence-electron chi connectivity index (χ1n) is 13.8. The summed E-state index contributed by atoms with van der Waals surface area (Å²) in [4.78, 5) is 32.4. The Bertz CT molecular complexity index is 2150. The summed E-state index contributed by atoms with van der Waals surface area (Å²) in [6.07, 6.45) is 1.74. The monoisotopic (exact) mass is 706 g/mol. The van der Waals surface area contributed by atoms with Crippen molar-refractivity contribution < 1.29 is 14.3 Å². The maximum Gasteiger partial charge on any atom is 0.338 e. The van der Waals surface area contributed by atoms with Crippen molar-refractivity contribution in [3.8, 4) is 5.75 Å². The lowest BCUT2D eigenvalue weighted by molar-refractivity contribution is -0.139. The van der Waals surface area contributed by atoms with Crippen LogP contribution in [0.4, 0.5) is 0 Å². The zero-order valence-electron chi connectivity index (χ0n) is 23.6.